The highest BCUT2D eigenvalue weighted by atomic mass is 79.9. The molecule has 0 aliphatic carbocycles. The number of thiophene rings is 2. The fraction of sp³-hybridized carbons (Fsp3) is 0.500. The normalized spacial score (nSPS) is 10.6. The number of unbranched alkanes of at least 4 members (excludes halogenated alkanes) is 10. The molecular formula is C32H43Br2FN2S2. The van der Waals surface area contributed by atoms with Crippen LogP contribution in [0.15, 0.2) is 62.4 Å². The summed E-state index contributed by atoms with van der Waals surface area (Å²) in [5.41, 5.74) is 1.17. The average molecular weight is 699 g/mol. The molecule has 7 heteroatoms. The summed E-state index contributed by atoms with van der Waals surface area (Å²) in [5, 5.41) is 4.35. The van der Waals surface area contributed by atoms with Gasteiger partial charge >= 0.3 is 0 Å². The van der Waals surface area contributed by atoms with Crippen LogP contribution in [0.25, 0.3) is 11.0 Å². The van der Waals surface area contributed by atoms with Gasteiger partial charge in [0.25, 0.3) is 0 Å². The van der Waals surface area contributed by atoms with Crippen LogP contribution in [-0.2, 0) is 12.8 Å². The molecule has 0 aliphatic rings. The third-order valence-electron chi connectivity index (χ3n) is 6.31. The summed E-state index contributed by atoms with van der Waals surface area (Å²) in [4.78, 5) is 11.2. The van der Waals surface area contributed by atoms with Crippen LogP contribution >= 0.6 is 54.5 Å². The molecule has 1 aromatic carbocycles. The Kier molecular flexibility index (Phi) is 18.8. The predicted molar refractivity (Wildman–Crippen MR) is 178 cm³/mol. The maximum Gasteiger partial charge on any atom is 0.140 e. The van der Waals surface area contributed by atoms with Gasteiger partial charge in [0, 0.05) is 26.6 Å². The third-order valence-corrected chi connectivity index (χ3v) is 9.54. The highest BCUT2D eigenvalue weighted by Crippen LogP contribution is 2.29. The van der Waals surface area contributed by atoms with Crippen LogP contribution in [0.3, 0.4) is 0 Å². The van der Waals surface area contributed by atoms with Crippen molar-refractivity contribution in [2.75, 3.05) is 0 Å². The zero-order valence-corrected chi connectivity index (χ0v) is 28.2. The minimum absolute atomic E-state index is 0.346. The molecule has 214 valence electrons. The highest BCUT2D eigenvalue weighted by molar-refractivity contribution is 9.11. The van der Waals surface area contributed by atoms with Crippen molar-refractivity contribution in [1.82, 2.24) is 9.97 Å². The zero-order chi connectivity index (χ0) is 28.1. The maximum atomic E-state index is 13.2. The number of benzene rings is 1. The van der Waals surface area contributed by atoms with Crippen LogP contribution in [-0.4, -0.2) is 9.97 Å². The first-order valence-electron chi connectivity index (χ1n) is 14.4. The van der Waals surface area contributed by atoms with E-state index >= 15 is 0 Å². The van der Waals surface area contributed by atoms with Gasteiger partial charge in [0.15, 0.2) is 0 Å². The molecule has 2 nitrogen and oxygen atoms in total. The van der Waals surface area contributed by atoms with E-state index in [0.29, 0.717) is 20.0 Å². The second-order valence-electron chi connectivity index (χ2n) is 9.60. The second-order valence-corrected chi connectivity index (χ2v) is 13.3. The molecule has 0 N–H and O–H groups in total. The van der Waals surface area contributed by atoms with Crippen LogP contribution in [0.1, 0.15) is 101 Å². The van der Waals surface area contributed by atoms with Crippen LogP contribution in [0.2, 0.25) is 0 Å². The number of nitrogens with zero attached hydrogens (tertiary/aromatic N) is 2. The number of rotatable bonds is 14. The summed E-state index contributed by atoms with van der Waals surface area (Å²) in [6.07, 6.45) is 22.5. The molecule has 3 heterocycles. The molecule has 0 fully saturated rings. The molecule has 0 bridgehead atoms. The lowest BCUT2D eigenvalue weighted by Crippen LogP contribution is -1.88. The van der Waals surface area contributed by atoms with Crippen LogP contribution < -0.4 is 0 Å². The molecule has 0 saturated heterocycles. The molecule has 39 heavy (non-hydrogen) atoms. The molecule has 4 rings (SSSR count). The first kappa shape index (κ1) is 34.1. The van der Waals surface area contributed by atoms with E-state index in [1.165, 1.54) is 102 Å². The van der Waals surface area contributed by atoms with Crippen molar-refractivity contribution in [3.63, 3.8) is 0 Å². The van der Waals surface area contributed by atoms with Gasteiger partial charge in [0.05, 0.1) is 4.47 Å². The summed E-state index contributed by atoms with van der Waals surface area (Å²) in [7, 11) is 0. The average Bonchev–Trinajstić information content (AvgIpc) is 3.67. The van der Waals surface area contributed by atoms with Gasteiger partial charge in [0.2, 0.25) is 0 Å². The van der Waals surface area contributed by atoms with Crippen LogP contribution in [0, 0.1) is 5.82 Å². The van der Waals surface area contributed by atoms with Crippen molar-refractivity contribution in [3.05, 3.63) is 78.0 Å². The monoisotopic (exact) mass is 696 g/mol. The Bertz CT molecular complexity index is 1090. The van der Waals surface area contributed by atoms with Crippen molar-refractivity contribution in [3.8, 4) is 0 Å². The second kappa shape index (κ2) is 21.6. The molecule has 3 aromatic heterocycles. The molecule has 0 spiro atoms. The molecule has 0 radical (unpaired) electrons. The molecular weight excluding hydrogens is 655 g/mol. The first-order valence-corrected chi connectivity index (χ1v) is 17.7. The number of fused-ring (bicyclic) bond motifs is 1. The fourth-order valence-electron chi connectivity index (χ4n) is 4.10. The Morgan fingerprint density at radius 3 is 1.59 bits per heavy atom. The smallest absolute Gasteiger partial charge is 0.140 e. The minimum Gasteiger partial charge on any atom is -0.252 e. The van der Waals surface area contributed by atoms with Crippen LogP contribution in [0.4, 0.5) is 4.39 Å². The van der Waals surface area contributed by atoms with Gasteiger partial charge in [0.1, 0.15) is 16.9 Å². The molecule has 0 atom stereocenters. The van der Waals surface area contributed by atoms with Crippen molar-refractivity contribution >= 4 is 65.6 Å². The fourth-order valence-corrected chi connectivity index (χ4v) is 6.50. The topological polar surface area (TPSA) is 25.8 Å². The van der Waals surface area contributed by atoms with Gasteiger partial charge in [-0.1, -0.05) is 90.2 Å². The van der Waals surface area contributed by atoms with E-state index in [-0.39, 0.29) is 5.82 Å². The lowest BCUT2D eigenvalue weighted by molar-refractivity contribution is 0.609. The number of aryl methyl sites for hydroxylation is 2. The summed E-state index contributed by atoms with van der Waals surface area (Å²) in [6.45, 7) is 4.54. The lowest BCUT2D eigenvalue weighted by Gasteiger charge is -2.01. The summed E-state index contributed by atoms with van der Waals surface area (Å²) < 4.78 is 14.1. The third kappa shape index (κ3) is 14.3. The van der Waals surface area contributed by atoms with Crippen molar-refractivity contribution in [2.24, 2.45) is 0 Å². The Morgan fingerprint density at radius 2 is 1.13 bits per heavy atom. The predicted octanol–water partition coefficient (Wildman–Crippen LogP) is 12.6. The van der Waals surface area contributed by atoms with Gasteiger partial charge in [-0.25, -0.2) is 4.39 Å². The summed E-state index contributed by atoms with van der Waals surface area (Å²) in [6, 6.07) is 10.2. The Morgan fingerprint density at radius 1 is 0.667 bits per heavy atom. The molecule has 0 saturated carbocycles. The van der Waals surface area contributed by atoms with E-state index in [9.17, 15) is 4.39 Å². The Labute approximate surface area is 260 Å². The van der Waals surface area contributed by atoms with E-state index in [2.05, 4.69) is 90.7 Å². The van der Waals surface area contributed by atoms with Gasteiger partial charge in [-0.2, -0.15) is 0 Å². The van der Waals surface area contributed by atoms with Gasteiger partial charge in [-0.05, 0) is 86.5 Å². The zero-order valence-electron chi connectivity index (χ0n) is 23.4. The summed E-state index contributed by atoms with van der Waals surface area (Å²) >= 11 is 10.1. The van der Waals surface area contributed by atoms with E-state index < -0.39 is 0 Å². The number of halogens is 3. The molecule has 0 unspecified atom stereocenters. The summed E-state index contributed by atoms with van der Waals surface area (Å²) in [5.74, 6) is -0.347. The minimum atomic E-state index is -0.347. The van der Waals surface area contributed by atoms with E-state index in [4.69, 9.17) is 0 Å². The highest BCUT2D eigenvalue weighted by Gasteiger charge is 2.09. The maximum absolute atomic E-state index is 13.2. The first-order chi connectivity index (χ1) is 19.1. The Balaban J connectivity index is 0.000000205. The van der Waals surface area contributed by atoms with Gasteiger partial charge < -0.3 is 0 Å². The van der Waals surface area contributed by atoms with E-state index in [0.717, 1.165) is 0 Å². The molecule has 0 amide bonds. The largest absolute Gasteiger partial charge is 0.252 e. The molecule has 4 aromatic rings. The standard InChI is InChI=1S/2C12H20S.C8H3Br2FN2/c2*1-2-3-4-5-6-7-9-12-10-8-11-13-12;9-4-3-5(11)6(10)8-7(4)12-1-2-13-8/h2*8,10-11H,2-7,9H2,1H3;1-3H. The Hall–Kier alpha value is -1.15. The van der Waals surface area contributed by atoms with Gasteiger partial charge in [-0.15, -0.1) is 22.7 Å². The van der Waals surface area contributed by atoms with Crippen molar-refractivity contribution in [2.45, 2.75) is 104 Å². The van der Waals surface area contributed by atoms with Crippen LogP contribution in [0.5, 0.6) is 0 Å². The quantitative estimate of drug-likeness (QED) is 0.0968. The SMILES string of the molecule is CCCCCCCCc1cccs1.CCCCCCCCc1cccs1.Fc1cc(Br)c2nccnc2c1Br. The lowest BCUT2D eigenvalue weighted by atomic mass is 10.1. The van der Waals surface area contributed by atoms with E-state index in [1.807, 2.05) is 22.7 Å². The number of aromatic nitrogens is 2. The van der Waals surface area contributed by atoms with Gasteiger partial charge in [-0.3, -0.25) is 9.97 Å². The van der Waals surface area contributed by atoms with Crippen molar-refractivity contribution in [1.29, 1.82) is 0 Å². The number of hydrogen-bond donors (Lipinski definition) is 0. The van der Waals surface area contributed by atoms with Crippen molar-refractivity contribution < 1.29 is 4.39 Å². The number of hydrogen-bond acceptors (Lipinski definition) is 4. The molecule has 0 aliphatic heterocycles. The van der Waals surface area contributed by atoms with E-state index in [1.54, 1.807) is 16.0 Å².